The molecule has 0 radical (unpaired) electrons. The van der Waals surface area contributed by atoms with Crippen LogP contribution in [0.1, 0.15) is 18.1 Å². The van der Waals surface area contributed by atoms with Crippen molar-refractivity contribution >= 4 is 17.7 Å². The largest absolute Gasteiger partial charge is 0.337 e. The first kappa shape index (κ1) is 14.4. The molecule has 0 saturated carbocycles. The van der Waals surface area contributed by atoms with Crippen LogP contribution in [0.4, 0.5) is 0 Å². The van der Waals surface area contributed by atoms with Crippen molar-refractivity contribution in [3.05, 3.63) is 29.3 Å². The Morgan fingerprint density at radius 2 is 2.26 bits per heavy atom. The summed E-state index contributed by atoms with van der Waals surface area (Å²) in [5.74, 6) is 0.785. The number of carbonyl (C=O) groups is 1. The second-order valence-electron chi connectivity index (χ2n) is 5.20. The summed E-state index contributed by atoms with van der Waals surface area (Å²) in [5, 5.41) is 3.31. The molecule has 1 atom stereocenters. The lowest BCUT2D eigenvalue weighted by atomic mass is 10.2. The number of nitrogens with one attached hydrogen (secondary N) is 1. The van der Waals surface area contributed by atoms with E-state index in [1.165, 1.54) is 16.0 Å². The molecular formula is C15H22N2OS. The van der Waals surface area contributed by atoms with E-state index in [2.05, 4.69) is 44.3 Å². The maximum absolute atomic E-state index is 12.2. The van der Waals surface area contributed by atoms with Gasteiger partial charge in [0.2, 0.25) is 5.91 Å². The Bertz CT molecular complexity index is 461. The van der Waals surface area contributed by atoms with Crippen LogP contribution in [0, 0.1) is 13.8 Å². The van der Waals surface area contributed by atoms with Crippen LogP contribution in [0.2, 0.25) is 0 Å². The molecule has 0 aliphatic carbocycles. The molecule has 1 aliphatic rings. The van der Waals surface area contributed by atoms with Crippen LogP contribution >= 0.6 is 11.8 Å². The first-order valence-electron chi connectivity index (χ1n) is 6.78. The molecule has 1 heterocycles. The molecule has 1 fully saturated rings. The molecule has 1 aromatic carbocycles. The summed E-state index contributed by atoms with van der Waals surface area (Å²) in [7, 11) is 0. The van der Waals surface area contributed by atoms with Gasteiger partial charge in [-0.2, -0.15) is 0 Å². The number of amides is 1. The SMILES string of the molecule is Cc1ccc(SCC(=O)N2CCNC[C@@H]2C)c(C)c1. The van der Waals surface area contributed by atoms with Gasteiger partial charge in [0.25, 0.3) is 0 Å². The molecule has 4 heteroatoms. The number of hydrogen-bond donors (Lipinski definition) is 1. The number of aryl methyl sites for hydroxylation is 2. The Kier molecular flexibility index (Phi) is 4.88. The summed E-state index contributed by atoms with van der Waals surface area (Å²) in [6.45, 7) is 8.94. The molecule has 104 valence electrons. The summed E-state index contributed by atoms with van der Waals surface area (Å²) in [6, 6.07) is 6.69. The van der Waals surface area contributed by atoms with Gasteiger partial charge in [-0.25, -0.2) is 0 Å². The Morgan fingerprint density at radius 1 is 1.47 bits per heavy atom. The first-order chi connectivity index (χ1) is 9.08. The molecule has 1 aromatic rings. The average molecular weight is 278 g/mol. The quantitative estimate of drug-likeness (QED) is 0.861. The number of benzene rings is 1. The van der Waals surface area contributed by atoms with E-state index in [1.807, 2.05) is 4.90 Å². The van der Waals surface area contributed by atoms with E-state index in [9.17, 15) is 4.79 Å². The zero-order chi connectivity index (χ0) is 13.8. The smallest absolute Gasteiger partial charge is 0.233 e. The van der Waals surface area contributed by atoms with Crippen LogP contribution in [0.15, 0.2) is 23.1 Å². The van der Waals surface area contributed by atoms with Gasteiger partial charge in [-0.15, -0.1) is 11.8 Å². The number of thioether (sulfide) groups is 1. The summed E-state index contributed by atoms with van der Waals surface area (Å²) in [4.78, 5) is 15.4. The monoisotopic (exact) mass is 278 g/mol. The molecule has 1 saturated heterocycles. The predicted molar refractivity (Wildman–Crippen MR) is 80.7 cm³/mol. The van der Waals surface area contributed by atoms with E-state index in [0.717, 1.165) is 19.6 Å². The zero-order valence-electron chi connectivity index (χ0n) is 11.9. The van der Waals surface area contributed by atoms with Crippen molar-refractivity contribution in [1.82, 2.24) is 10.2 Å². The molecule has 1 amide bonds. The topological polar surface area (TPSA) is 32.3 Å². The third kappa shape index (κ3) is 3.74. The van der Waals surface area contributed by atoms with E-state index in [1.54, 1.807) is 11.8 Å². The van der Waals surface area contributed by atoms with E-state index < -0.39 is 0 Å². The van der Waals surface area contributed by atoms with Crippen molar-refractivity contribution in [3.63, 3.8) is 0 Å². The van der Waals surface area contributed by atoms with Gasteiger partial charge in [-0.3, -0.25) is 4.79 Å². The molecule has 19 heavy (non-hydrogen) atoms. The Hall–Kier alpha value is -1.00. The number of piperazine rings is 1. The third-order valence-corrected chi connectivity index (χ3v) is 4.66. The highest BCUT2D eigenvalue weighted by molar-refractivity contribution is 8.00. The highest BCUT2D eigenvalue weighted by Crippen LogP contribution is 2.23. The number of carbonyl (C=O) groups excluding carboxylic acids is 1. The summed E-state index contributed by atoms with van der Waals surface area (Å²) < 4.78 is 0. The van der Waals surface area contributed by atoms with E-state index in [4.69, 9.17) is 0 Å². The molecular weight excluding hydrogens is 256 g/mol. The van der Waals surface area contributed by atoms with Crippen molar-refractivity contribution in [1.29, 1.82) is 0 Å². The molecule has 3 nitrogen and oxygen atoms in total. The van der Waals surface area contributed by atoms with Gasteiger partial charge in [-0.1, -0.05) is 17.7 Å². The average Bonchev–Trinajstić information content (AvgIpc) is 2.38. The van der Waals surface area contributed by atoms with Crippen LogP contribution in [0.5, 0.6) is 0 Å². The second-order valence-corrected chi connectivity index (χ2v) is 6.22. The van der Waals surface area contributed by atoms with Crippen LogP contribution in [-0.4, -0.2) is 42.2 Å². The van der Waals surface area contributed by atoms with Crippen LogP contribution < -0.4 is 5.32 Å². The molecule has 1 N–H and O–H groups in total. The number of rotatable bonds is 3. The zero-order valence-corrected chi connectivity index (χ0v) is 12.7. The normalized spacial score (nSPS) is 19.5. The summed E-state index contributed by atoms with van der Waals surface area (Å²) >= 11 is 1.65. The fraction of sp³-hybridized carbons (Fsp3) is 0.533. The highest BCUT2D eigenvalue weighted by Gasteiger charge is 2.22. The van der Waals surface area contributed by atoms with Gasteiger partial charge >= 0.3 is 0 Å². The molecule has 0 aromatic heterocycles. The minimum Gasteiger partial charge on any atom is -0.337 e. The van der Waals surface area contributed by atoms with Gasteiger partial charge < -0.3 is 10.2 Å². The maximum Gasteiger partial charge on any atom is 0.233 e. The van der Waals surface area contributed by atoms with Crippen molar-refractivity contribution < 1.29 is 4.79 Å². The Balaban J connectivity index is 1.92. The molecule has 1 aliphatic heterocycles. The number of nitrogens with zero attached hydrogens (tertiary/aromatic N) is 1. The predicted octanol–water partition coefficient (Wildman–Crippen LogP) is 2.22. The summed E-state index contributed by atoms with van der Waals surface area (Å²) in [6.07, 6.45) is 0. The van der Waals surface area contributed by atoms with Crippen molar-refractivity contribution in [2.75, 3.05) is 25.4 Å². The first-order valence-corrected chi connectivity index (χ1v) is 7.76. The minimum atomic E-state index is 0.249. The van der Waals surface area contributed by atoms with Gasteiger partial charge in [-0.05, 0) is 32.4 Å². The van der Waals surface area contributed by atoms with Crippen molar-refractivity contribution in [2.24, 2.45) is 0 Å². The van der Waals surface area contributed by atoms with Crippen molar-refractivity contribution in [2.45, 2.75) is 31.7 Å². The van der Waals surface area contributed by atoms with Crippen LogP contribution in [-0.2, 0) is 4.79 Å². The van der Waals surface area contributed by atoms with Gasteiger partial charge in [0.05, 0.1) is 5.75 Å². The maximum atomic E-state index is 12.2. The lowest BCUT2D eigenvalue weighted by Gasteiger charge is -2.34. The third-order valence-electron chi connectivity index (χ3n) is 3.50. The lowest BCUT2D eigenvalue weighted by Crippen LogP contribution is -2.52. The van der Waals surface area contributed by atoms with Gasteiger partial charge in [0, 0.05) is 30.6 Å². The van der Waals surface area contributed by atoms with E-state index in [0.29, 0.717) is 11.8 Å². The fourth-order valence-electron chi connectivity index (χ4n) is 2.40. The standard InChI is InChI=1S/C15H22N2OS/c1-11-4-5-14(12(2)8-11)19-10-15(18)17-7-6-16-9-13(17)3/h4-5,8,13,16H,6-7,9-10H2,1-3H3/t13-/m0/s1. The lowest BCUT2D eigenvalue weighted by molar-refractivity contribution is -0.131. The van der Waals surface area contributed by atoms with Crippen LogP contribution in [0.25, 0.3) is 0 Å². The number of hydrogen-bond acceptors (Lipinski definition) is 3. The molecule has 2 rings (SSSR count). The van der Waals surface area contributed by atoms with Gasteiger partial charge in [0.1, 0.15) is 0 Å². The molecule has 0 unspecified atom stereocenters. The molecule has 0 spiro atoms. The highest BCUT2D eigenvalue weighted by atomic mass is 32.2. The van der Waals surface area contributed by atoms with Crippen molar-refractivity contribution in [3.8, 4) is 0 Å². The van der Waals surface area contributed by atoms with E-state index in [-0.39, 0.29) is 5.91 Å². The Morgan fingerprint density at radius 3 is 2.95 bits per heavy atom. The minimum absolute atomic E-state index is 0.249. The van der Waals surface area contributed by atoms with Gasteiger partial charge in [0.15, 0.2) is 0 Å². The molecule has 0 bridgehead atoms. The van der Waals surface area contributed by atoms with Crippen LogP contribution in [0.3, 0.4) is 0 Å². The second kappa shape index (κ2) is 6.44. The fourth-order valence-corrected chi connectivity index (χ4v) is 3.29. The van der Waals surface area contributed by atoms with E-state index >= 15 is 0 Å². The summed E-state index contributed by atoms with van der Waals surface area (Å²) in [5.41, 5.74) is 2.52. The Labute approximate surface area is 119 Å².